The van der Waals surface area contributed by atoms with Gasteiger partial charge in [0.15, 0.2) is 0 Å². The lowest BCUT2D eigenvalue weighted by Crippen LogP contribution is -2.24. The van der Waals surface area contributed by atoms with Gasteiger partial charge in [-0.2, -0.15) is 5.26 Å². The van der Waals surface area contributed by atoms with Crippen LogP contribution in [0.5, 0.6) is 0 Å². The Morgan fingerprint density at radius 1 is 1.28 bits per heavy atom. The van der Waals surface area contributed by atoms with E-state index in [0.717, 1.165) is 18.5 Å². The molecule has 0 amide bonds. The van der Waals surface area contributed by atoms with Crippen LogP contribution in [0.25, 0.3) is 0 Å². The molecule has 0 atom stereocenters. The fourth-order valence-electron chi connectivity index (χ4n) is 1.92. The number of hydrogen-bond acceptors (Lipinski definition) is 2. The molecule has 1 aromatic heterocycles. The summed E-state index contributed by atoms with van der Waals surface area (Å²) in [6.45, 7) is 3.29. The van der Waals surface area contributed by atoms with Crippen molar-refractivity contribution in [1.29, 1.82) is 5.26 Å². The van der Waals surface area contributed by atoms with Gasteiger partial charge in [0.1, 0.15) is 0 Å². The monoisotopic (exact) mass is 241 g/mol. The minimum atomic E-state index is -0.000731. The molecule has 2 aromatic rings. The Hall–Kier alpha value is -2.28. The standard InChI is InChI=1S/C14H15N3O/c1-2-6-16-7-8-17(14(16)18)11-13-5-3-4-12(9-13)10-15/h3-5,7-9H,2,6,11H2,1H3. The molecular weight excluding hydrogens is 226 g/mol. The first-order valence-corrected chi connectivity index (χ1v) is 5.99. The summed E-state index contributed by atoms with van der Waals surface area (Å²) in [4.78, 5) is 12.0. The summed E-state index contributed by atoms with van der Waals surface area (Å²) in [5, 5.41) is 8.83. The van der Waals surface area contributed by atoms with E-state index in [1.54, 1.807) is 27.6 Å². The first kappa shape index (κ1) is 12.2. The average Bonchev–Trinajstić information content (AvgIpc) is 2.72. The maximum Gasteiger partial charge on any atom is 0.328 e. The van der Waals surface area contributed by atoms with Crippen LogP contribution >= 0.6 is 0 Å². The maximum atomic E-state index is 12.0. The van der Waals surface area contributed by atoms with E-state index in [1.165, 1.54) is 0 Å². The van der Waals surface area contributed by atoms with Gasteiger partial charge in [0, 0.05) is 18.9 Å². The van der Waals surface area contributed by atoms with Crippen molar-refractivity contribution >= 4 is 0 Å². The molecule has 0 aliphatic rings. The Morgan fingerprint density at radius 3 is 2.78 bits per heavy atom. The molecule has 0 saturated heterocycles. The van der Waals surface area contributed by atoms with Gasteiger partial charge in [0.05, 0.1) is 18.2 Å². The largest absolute Gasteiger partial charge is 0.328 e. The summed E-state index contributed by atoms with van der Waals surface area (Å²) in [7, 11) is 0. The van der Waals surface area contributed by atoms with Gasteiger partial charge >= 0.3 is 5.69 Å². The zero-order valence-electron chi connectivity index (χ0n) is 10.3. The molecule has 2 rings (SSSR count). The van der Waals surface area contributed by atoms with Crippen molar-refractivity contribution in [3.63, 3.8) is 0 Å². The van der Waals surface area contributed by atoms with Crippen LogP contribution in [0, 0.1) is 11.3 Å². The average molecular weight is 241 g/mol. The number of benzene rings is 1. The molecule has 4 nitrogen and oxygen atoms in total. The van der Waals surface area contributed by atoms with E-state index in [-0.39, 0.29) is 5.69 Å². The summed E-state index contributed by atoms with van der Waals surface area (Å²) < 4.78 is 3.36. The molecule has 0 unspecified atom stereocenters. The first-order chi connectivity index (χ1) is 8.74. The Morgan fingerprint density at radius 2 is 2.06 bits per heavy atom. The zero-order chi connectivity index (χ0) is 13.0. The molecule has 0 spiro atoms. The van der Waals surface area contributed by atoms with Crippen molar-refractivity contribution in [2.24, 2.45) is 0 Å². The van der Waals surface area contributed by atoms with Gasteiger partial charge in [-0.15, -0.1) is 0 Å². The first-order valence-electron chi connectivity index (χ1n) is 5.99. The molecule has 0 bridgehead atoms. The summed E-state index contributed by atoms with van der Waals surface area (Å²) in [5.41, 5.74) is 1.58. The molecule has 18 heavy (non-hydrogen) atoms. The van der Waals surface area contributed by atoms with Gasteiger partial charge in [-0.25, -0.2) is 4.79 Å². The lowest BCUT2D eigenvalue weighted by atomic mass is 10.1. The van der Waals surface area contributed by atoms with E-state index in [4.69, 9.17) is 5.26 Å². The third-order valence-corrected chi connectivity index (χ3v) is 2.79. The Kier molecular flexibility index (Phi) is 3.63. The smallest absolute Gasteiger partial charge is 0.299 e. The van der Waals surface area contributed by atoms with Crippen LogP contribution < -0.4 is 5.69 Å². The second-order valence-electron chi connectivity index (χ2n) is 4.21. The maximum absolute atomic E-state index is 12.0. The lowest BCUT2D eigenvalue weighted by Gasteiger charge is -2.02. The normalized spacial score (nSPS) is 10.2. The molecule has 0 saturated carbocycles. The SMILES string of the molecule is CCCn1ccn(Cc2cccc(C#N)c2)c1=O. The van der Waals surface area contributed by atoms with Gasteiger partial charge in [0.25, 0.3) is 0 Å². The second-order valence-corrected chi connectivity index (χ2v) is 4.21. The van der Waals surface area contributed by atoms with Crippen molar-refractivity contribution < 1.29 is 0 Å². The zero-order valence-corrected chi connectivity index (χ0v) is 10.3. The van der Waals surface area contributed by atoms with Crippen LogP contribution in [-0.2, 0) is 13.1 Å². The Bertz CT molecular complexity index is 631. The number of nitriles is 1. The number of hydrogen-bond donors (Lipinski definition) is 0. The van der Waals surface area contributed by atoms with Crippen molar-refractivity contribution in [2.45, 2.75) is 26.4 Å². The molecule has 4 heteroatoms. The highest BCUT2D eigenvalue weighted by Crippen LogP contribution is 2.05. The topological polar surface area (TPSA) is 50.7 Å². The summed E-state index contributed by atoms with van der Waals surface area (Å²) in [6.07, 6.45) is 4.53. The van der Waals surface area contributed by atoms with Gasteiger partial charge in [-0.1, -0.05) is 19.1 Å². The molecule has 0 aliphatic carbocycles. The highest BCUT2D eigenvalue weighted by Gasteiger charge is 2.03. The van der Waals surface area contributed by atoms with Gasteiger partial charge in [0.2, 0.25) is 0 Å². The minimum Gasteiger partial charge on any atom is -0.299 e. The highest BCUT2D eigenvalue weighted by atomic mass is 16.1. The third kappa shape index (κ3) is 2.51. The summed E-state index contributed by atoms with van der Waals surface area (Å²) in [6, 6.07) is 9.42. The van der Waals surface area contributed by atoms with Crippen LogP contribution in [0.4, 0.5) is 0 Å². The fraction of sp³-hybridized carbons (Fsp3) is 0.286. The Balaban J connectivity index is 2.24. The van der Waals surface area contributed by atoms with Crippen molar-refractivity contribution in [3.8, 4) is 6.07 Å². The lowest BCUT2D eigenvalue weighted by molar-refractivity contribution is 0.624. The number of nitrogens with zero attached hydrogens (tertiary/aromatic N) is 3. The van der Waals surface area contributed by atoms with E-state index < -0.39 is 0 Å². The number of imidazole rings is 1. The van der Waals surface area contributed by atoms with Crippen LogP contribution in [0.1, 0.15) is 24.5 Å². The predicted molar refractivity (Wildman–Crippen MR) is 69.2 cm³/mol. The molecule has 92 valence electrons. The van der Waals surface area contributed by atoms with Crippen LogP contribution in [0.2, 0.25) is 0 Å². The number of aryl methyl sites for hydroxylation is 1. The number of rotatable bonds is 4. The molecule has 0 N–H and O–H groups in total. The molecule has 0 radical (unpaired) electrons. The van der Waals surface area contributed by atoms with Gasteiger partial charge in [-0.05, 0) is 24.1 Å². The molecule has 0 fully saturated rings. The van der Waals surface area contributed by atoms with E-state index >= 15 is 0 Å². The van der Waals surface area contributed by atoms with E-state index in [2.05, 4.69) is 6.07 Å². The predicted octanol–water partition coefficient (Wildman–Crippen LogP) is 1.98. The number of aromatic nitrogens is 2. The van der Waals surface area contributed by atoms with E-state index in [9.17, 15) is 4.79 Å². The molecular formula is C14H15N3O. The molecule has 1 aromatic carbocycles. The summed E-state index contributed by atoms with van der Waals surface area (Å²) in [5.74, 6) is 0. The van der Waals surface area contributed by atoms with E-state index in [0.29, 0.717) is 12.1 Å². The van der Waals surface area contributed by atoms with Crippen LogP contribution in [-0.4, -0.2) is 9.13 Å². The quantitative estimate of drug-likeness (QED) is 0.821. The Labute approximate surface area is 106 Å². The van der Waals surface area contributed by atoms with Gasteiger partial charge < -0.3 is 0 Å². The van der Waals surface area contributed by atoms with Crippen molar-refractivity contribution in [3.05, 3.63) is 58.3 Å². The van der Waals surface area contributed by atoms with Gasteiger partial charge in [-0.3, -0.25) is 9.13 Å². The second kappa shape index (κ2) is 5.37. The van der Waals surface area contributed by atoms with Crippen LogP contribution in [0.15, 0.2) is 41.5 Å². The van der Waals surface area contributed by atoms with Crippen LogP contribution in [0.3, 0.4) is 0 Å². The van der Waals surface area contributed by atoms with Crippen molar-refractivity contribution in [2.75, 3.05) is 0 Å². The fourth-order valence-corrected chi connectivity index (χ4v) is 1.92. The minimum absolute atomic E-state index is 0.000731. The van der Waals surface area contributed by atoms with Crippen molar-refractivity contribution in [1.82, 2.24) is 9.13 Å². The third-order valence-electron chi connectivity index (χ3n) is 2.79. The highest BCUT2D eigenvalue weighted by molar-refractivity contribution is 5.32. The van der Waals surface area contributed by atoms with E-state index in [1.807, 2.05) is 25.1 Å². The molecule has 1 heterocycles. The summed E-state index contributed by atoms with van der Waals surface area (Å²) >= 11 is 0. The molecule has 0 aliphatic heterocycles.